The summed E-state index contributed by atoms with van der Waals surface area (Å²) < 4.78 is 29.2. The average molecular weight is 334 g/mol. The summed E-state index contributed by atoms with van der Waals surface area (Å²) in [7, 11) is -3.65. The van der Waals surface area contributed by atoms with Gasteiger partial charge in [-0.1, -0.05) is 55.3 Å². The molecule has 0 aliphatic heterocycles. The van der Waals surface area contributed by atoms with E-state index in [0.29, 0.717) is 6.42 Å². The molecule has 2 rings (SSSR count). The highest BCUT2D eigenvalue weighted by Crippen LogP contribution is 2.33. The van der Waals surface area contributed by atoms with E-state index in [0.717, 1.165) is 12.0 Å². The number of benzene rings is 1. The lowest BCUT2D eigenvalue weighted by atomic mass is 9.79. The fourth-order valence-corrected chi connectivity index (χ4v) is 3.68. The average Bonchev–Trinajstić information content (AvgIpc) is 2.46. The molecule has 0 unspecified atom stereocenters. The second-order valence-electron chi connectivity index (χ2n) is 6.84. The van der Waals surface area contributed by atoms with Gasteiger partial charge in [-0.3, -0.25) is 4.18 Å². The fourth-order valence-electron chi connectivity index (χ4n) is 2.76. The summed E-state index contributed by atoms with van der Waals surface area (Å²) >= 11 is 0. The monoisotopic (exact) mass is 334 g/mol. The highest BCUT2D eigenvalue weighted by molar-refractivity contribution is 7.86. The van der Waals surface area contributed by atoms with Gasteiger partial charge in [0.2, 0.25) is 0 Å². The van der Waals surface area contributed by atoms with Gasteiger partial charge in [0, 0.05) is 0 Å². The lowest BCUT2D eigenvalue weighted by Gasteiger charge is -2.26. The number of allylic oxidation sites excluding steroid dienone is 3. The maximum absolute atomic E-state index is 12.0. The van der Waals surface area contributed by atoms with Crippen LogP contribution in [-0.2, 0) is 14.3 Å². The molecular formula is C19H26O3S. The van der Waals surface area contributed by atoms with Gasteiger partial charge in [-0.15, -0.1) is 0 Å². The van der Waals surface area contributed by atoms with Gasteiger partial charge in [0.1, 0.15) is 0 Å². The number of rotatable bonds is 6. The highest BCUT2D eigenvalue weighted by Gasteiger charge is 2.19. The van der Waals surface area contributed by atoms with Gasteiger partial charge in [0.05, 0.1) is 11.5 Å². The van der Waals surface area contributed by atoms with E-state index < -0.39 is 10.1 Å². The van der Waals surface area contributed by atoms with E-state index in [1.54, 1.807) is 24.3 Å². The van der Waals surface area contributed by atoms with E-state index in [1.807, 2.05) is 13.0 Å². The Hall–Kier alpha value is -1.39. The highest BCUT2D eigenvalue weighted by atomic mass is 32.2. The van der Waals surface area contributed by atoms with E-state index in [-0.39, 0.29) is 16.9 Å². The molecule has 0 amide bonds. The van der Waals surface area contributed by atoms with Crippen molar-refractivity contribution in [2.75, 3.05) is 6.61 Å². The SMILES string of the molecule is Cc1ccc(S(=O)(=O)OCC/C=C/C2=CC(C)(C)CCC2)cc1. The summed E-state index contributed by atoms with van der Waals surface area (Å²) in [5.41, 5.74) is 2.63. The molecule has 1 aromatic rings. The molecule has 1 aliphatic rings. The quantitative estimate of drug-likeness (QED) is 0.555. The van der Waals surface area contributed by atoms with Crippen molar-refractivity contribution in [1.82, 2.24) is 0 Å². The molecule has 0 bridgehead atoms. The lowest BCUT2D eigenvalue weighted by Crippen LogP contribution is -2.12. The van der Waals surface area contributed by atoms with Crippen LogP contribution in [0, 0.1) is 12.3 Å². The topological polar surface area (TPSA) is 43.4 Å². The zero-order valence-corrected chi connectivity index (χ0v) is 15.0. The van der Waals surface area contributed by atoms with E-state index in [2.05, 4.69) is 26.0 Å². The van der Waals surface area contributed by atoms with E-state index >= 15 is 0 Å². The second-order valence-corrected chi connectivity index (χ2v) is 8.46. The molecule has 0 atom stereocenters. The first-order valence-electron chi connectivity index (χ1n) is 8.13. The maximum atomic E-state index is 12.0. The largest absolute Gasteiger partial charge is 0.296 e. The molecular weight excluding hydrogens is 308 g/mol. The molecule has 0 aromatic heterocycles. The van der Waals surface area contributed by atoms with Crippen LogP contribution in [0.2, 0.25) is 0 Å². The van der Waals surface area contributed by atoms with Crippen molar-refractivity contribution in [3.63, 3.8) is 0 Å². The molecule has 0 N–H and O–H groups in total. The molecule has 4 heteroatoms. The number of hydrogen-bond donors (Lipinski definition) is 0. The van der Waals surface area contributed by atoms with Gasteiger partial charge in [-0.05, 0) is 50.2 Å². The van der Waals surface area contributed by atoms with Crippen molar-refractivity contribution in [3.8, 4) is 0 Å². The van der Waals surface area contributed by atoms with Crippen molar-refractivity contribution >= 4 is 10.1 Å². The van der Waals surface area contributed by atoms with Crippen LogP contribution in [-0.4, -0.2) is 15.0 Å². The zero-order chi connectivity index (χ0) is 16.9. The van der Waals surface area contributed by atoms with E-state index in [9.17, 15) is 8.42 Å². The minimum Gasteiger partial charge on any atom is -0.266 e. The van der Waals surface area contributed by atoms with Gasteiger partial charge in [0.15, 0.2) is 0 Å². The van der Waals surface area contributed by atoms with Crippen LogP contribution in [0.15, 0.2) is 53.0 Å². The van der Waals surface area contributed by atoms with E-state index in [4.69, 9.17) is 4.18 Å². The van der Waals surface area contributed by atoms with Crippen LogP contribution in [0.25, 0.3) is 0 Å². The van der Waals surface area contributed by atoms with Gasteiger partial charge < -0.3 is 0 Å². The van der Waals surface area contributed by atoms with Crippen molar-refractivity contribution < 1.29 is 12.6 Å². The Balaban J connectivity index is 1.84. The number of hydrogen-bond acceptors (Lipinski definition) is 3. The lowest BCUT2D eigenvalue weighted by molar-refractivity contribution is 0.324. The fraction of sp³-hybridized carbons (Fsp3) is 0.474. The third-order valence-electron chi connectivity index (χ3n) is 4.03. The molecule has 0 fully saturated rings. The first kappa shape index (κ1) is 18.0. The Morgan fingerprint density at radius 2 is 1.91 bits per heavy atom. The molecule has 0 saturated heterocycles. The Morgan fingerprint density at radius 3 is 2.57 bits per heavy atom. The molecule has 126 valence electrons. The smallest absolute Gasteiger partial charge is 0.266 e. The van der Waals surface area contributed by atoms with Crippen molar-refractivity contribution in [3.05, 3.63) is 53.6 Å². The Bertz CT molecular complexity index is 680. The molecule has 1 aromatic carbocycles. The minimum atomic E-state index is -3.65. The first-order chi connectivity index (χ1) is 10.8. The predicted octanol–water partition coefficient (Wildman–Crippen LogP) is 4.78. The van der Waals surface area contributed by atoms with Crippen LogP contribution >= 0.6 is 0 Å². The predicted molar refractivity (Wildman–Crippen MR) is 93.8 cm³/mol. The molecule has 0 heterocycles. The summed E-state index contributed by atoms with van der Waals surface area (Å²) in [6.45, 7) is 6.58. The van der Waals surface area contributed by atoms with Crippen molar-refractivity contribution in [1.29, 1.82) is 0 Å². The first-order valence-corrected chi connectivity index (χ1v) is 9.54. The Morgan fingerprint density at radius 1 is 1.22 bits per heavy atom. The van der Waals surface area contributed by atoms with Crippen molar-refractivity contribution in [2.45, 2.75) is 51.3 Å². The molecule has 0 spiro atoms. The summed E-state index contributed by atoms with van der Waals surface area (Å²) in [4.78, 5) is 0.212. The van der Waals surface area contributed by atoms with Crippen LogP contribution in [0.4, 0.5) is 0 Å². The molecule has 0 radical (unpaired) electrons. The number of aryl methyl sites for hydroxylation is 1. The van der Waals surface area contributed by atoms with Gasteiger partial charge >= 0.3 is 0 Å². The maximum Gasteiger partial charge on any atom is 0.296 e. The zero-order valence-electron chi connectivity index (χ0n) is 14.2. The molecule has 0 saturated carbocycles. The van der Waals surface area contributed by atoms with Crippen LogP contribution in [0.1, 0.15) is 45.1 Å². The van der Waals surface area contributed by atoms with E-state index in [1.165, 1.54) is 18.4 Å². The Labute approximate surface area is 140 Å². The van der Waals surface area contributed by atoms with Gasteiger partial charge in [0.25, 0.3) is 10.1 Å². The third kappa shape index (κ3) is 5.63. The third-order valence-corrected chi connectivity index (χ3v) is 5.35. The van der Waals surface area contributed by atoms with Crippen LogP contribution in [0.5, 0.6) is 0 Å². The Kier molecular flexibility index (Phi) is 5.82. The molecule has 23 heavy (non-hydrogen) atoms. The minimum absolute atomic E-state index is 0.170. The molecule has 3 nitrogen and oxygen atoms in total. The summed E-state index contributed by atoms with van der Waals surface area (Å²) in [5.74, 6) is 0. The van der Waals surface area contributed by atoms with Gasteiger partial charge in [-0.2, -0.15) is 8.42 Å². The van der Waals surface area contributed by atoms with Crippen LogP contribution in [0.3, 0.4) is 0 Å². The standard InChI is InChI=1S/C19H26O3S/c1-16-9-11-18(12-10-16)23(20,21)22-14-5-4-7-17-8-6-13-19(2,3)15-17/h4,7,9-12,15H,5-6,8,13-14H2,1-3H3/b7-4+. The molecule has 1 aliphatic carbocycles. The normalized spacial score (nSPS) is 18.1. The summed E-state index contributed by atoms with van der Waals surface area (Å²) in [6, 6.07) is 6.70. The summed E-state index contributed by atoms with van der Waals surface area (Å²) in [5, 5.41) is 0. The van der Waals surface area contributed by atoms with Gasteiger partial charge in [-0.25, -0.2) is 0 Å². The van der Waals surface area contributed by atoms with Crippen molar-refractivity contribution in [2.24, 2.45) is 5.41 Å². The summed E-state index contributed by atoms with van der Waals surface area (Å²) in [6.07, 6.45) is 10.5. The van der Waals surface area contributed by atoms with Crippen LogP contribution < -0.4 is 0 Å². The second kappa shape index (κ2) is 7.45.